The first-order valence-corrected chi connectivity index (χ1v) is 7.46. The minimum atomic E-state index is -4.52. The summed E-state index contributed by atoms with van der Waals surface area (Å²) >= 11 is 3.04. The number of carboxylic acids is 1. The SMILES string of the molecule is O=C(O)C1CCCCCN1c1ccc(Br)cc1C(F)(F)F. The van der Waals surface area contributed by atoms with Gasteiger partial charge in [-0.05, 0) is 31.0 Å². The average molecular weight is 366 g/mol. The van der Waals surface area contributed by atoms with Crippen LogP contribution in [0, 0.1) is 0 Å². The fourth-order valence-electron chi connectivity index (χ4n) is 2.64. The zero-order valence-electron chi connectivity index (χ0n) is 11.2. The van der Waals surface area contributed by atoms with E-state index in [1.165, 1.54) is 17.0 Å². The first-order valence-electron chi connectivity index (χ1n) is 6.67. The second-order valence-corrected chi connectivity index (χ2v) is 5.97. The van der Waals surface area contributed by atoms with Crippen molar-refractivity contribution in [3.63, 3.8) is 0 Å². The Kier molecular flexibility index (Phi) is 4.81. The van der Waals surface area contributed by atoms with Gasteiger partial charge in [-0.25, -0.2) is 4.79 Å². The summed E-state index contributed by atoms with van der Waals surface area (Å²) < 4.78 is 40.0. The van der Waals surface area contributed by atoms with E-state index in [0.29, 0.717) is 30.3 Å². The van der Waals surface area contributed by atoms with Crippen molar-refractivity contribution >= 4 is 27.6 Å². The molecule has 1 fully saturated rings. The molecular weight excluding hydrogens is 351 g/mol. The average Bonchev–Trinajstić information content (AvgIpc) is 2.63. The summed E-state index contributed by atoms with van der Waals surface area (Å²) in [6, 6.07) is 2.94. The van der Waals surface area contributed by atoms with Gasteiger partial charge in [-0.2, -0.15) is 13.2 Å². The zero-order chi connectivity index (χ0) is 15.6. The van der Waals surface area contributed by atoms with E-state index in [0.717, 1.165) is 12.5 Å². The van der Waals surface area contributed by atoms with Gasteiger partial charge in [0.15, 0.2) is 0 Å². The molecule has 1 unspecified atom stereocenters. The molecule has 21 heavy (non-hydrogen) atoms. The van der Waals surface area contributed by atoms with Crippen LogP contribution in [0.4, 0.5) is 18.9 Å². The van der Waals surface area contributed by atoms with Gasteiger partial charge < -0.3 is 10.0 Å². The lowest BCUT2D eigenvalue weighted by molar-refractivity contribution is -0.140. The quantitative estimate of drug-likeness (QED) is 0.849. The van der Waals surface area contributed by atoms with E-state index in [4.69, 9.17) is 0 Å². The minimum Gasteiger partial charge on any atom is -0.480 e. The van der Waals surface area contributed by atoms with Crippen molar-refractivity contribution < 1.29 is 23.1 Å². The number of hydrogen-bond donors (Lipinski definition) is 1. The fraction of sp³-hybridized carbons (Fsp3) is 0.500. The summed E-state index contributed by atoms with van der Waals surface area (Å²) in [4.78, 5) is 12.8. The lowest BCUT2D eigenvalue weighted by Crippen LogP contribution is -2.41. The lowest BCUT2D eigenvalue weighted by atomic mass is 10.1. The summed E-state index contributed by atoms with van der Waals surface area (Å²) in [7, 11) is 0. The third-order valence-electron chi connectivity index (χ3n) is 3.61. The van der Waals surface area contributed by atoms with E-state index in [-0.39, 0.29) is 5.69 Å². The molecule has 2 rings (SSSR count). The zero-order valence-corrected chi connectivity index (χ0v) is 12.7. The molecule has 1 aromatic carbocycles. The van der Waals surface area contributed by atoms with Crippen molar-refractivity contribution in [2.24, 2.45) is 0 Å². The Morgan fingerprint density at radius 2 is 2.00 bits per heavy atom. The molecular formula is C14H15BrF3NO2. The second kappa shape index (κ2) is 6.25. The first-order chi connectivity index (χ1) is 9.80. The molecule has 1 aromatic rings. The lowest BCUT2D eigenvalue weighted by Gasteiger charge is -2.31. The van der Waals surface area contributed by atoms with E-state index in [1.807, 2.05) is 0 Å². The van der Waals surface area contributed by atoms with Gasteiger partial charge in [0.2, 0.25) is 0 Å². The third-order valence-corrected chi connectivity index (χ3v) is 4.10. The van der Waals surface area contributed by atoms with Crippen molar-refractivity contribution in [3.8, 4) is 0 Å². The summed E-state index contributed by atoms with van der Waals surface area (Å²) in [5.74, 6) is -1.08. The highest BCUT2D eigenvalue weighted by Crippen LogP contribution is 2.39. The van der Waals surface area contributed by atoms with Gasteiger partial charge in [0, 0.05) is 16.7 Å². The Hall–Kier alpha value is -1.24. The number of benzene rings is 1. The number of alkyl halides is 3. The Balaban J connectivity index is 2.49. The van der Waals surface area contributed by atoms with Crippen molar-refractivity contribution in [1.82, 2.24) is 0 Å². The molecule has 3 nitrogen and oxygen atoms in total. The molecule has 1 atom stereocenters. The van der Waals surface area contributed by atoms with Gasteiger partial charge in [-0.15, -0.1) is 0 Å². The Morgan fingerprint density at radius 1 is 1.29 bits per heavy atom. The van der Waals surface area contributed by atoms with Crippen LogP contribution in [0.25, 0.3) is 0 Å². The maximum atomic E-state index is 13.2. The molecule has 0 amide bonds. The van der Waals surface area contributed by atoms with Gasteiger partial charge in [0.1, 0.15) is 6.04 Å². The summed E-state index contributed by atoms with van der Waals surface area (Å²) in [5, 5.41) is 9.31. The smallest absolute Gasteiger partial charge is 0.418 e. The molecule has 116 valence electrons. The van der Waals surface area contributed by atoms with Crippen LogP contribution in [0.5, 0.6) is 0 Å². The molecule has 7 heteroatoms. The van der Waals surface area contributed by atoms with Gasteiger partial charge in [-0.3, -0.25) is 0 Å². The van der Waals surface area contributed by atoms with Crippen LogP contribution < -0.4 is 4.90 Å². The third kappa shape index (κ3) is 3.70. The maximum absolute atomic E-state index is 13.2. The van der Waals surface area contributed by atoms with E-state index in [9.17, 15) is 23.1 Å². The minimum absolute atomic E-state index is 0.0556. The predicted octanol–water partition coefficient (Wildman–Crippen LogP) is 4.30. The van der Waals surface area contributed by atoms with Crippen LogP contribution in [-0.2, 0) is 11.0 Å². The molecule has 1 saturated heterocycles. The monoisotopic (exact) mass is 365 g/mol. The molecule has 0 aromatic heterocycles. The molecule has 1 N–H and O–H groups in total. The second-order valence-electron chi connectivity index (χ2n) is 5.06. The van der Waals surface area contributed by atoms with Crippen molar-refractivity contribution in [2.45, 2.75) is 37.9 Å². The number of anilines is 1. The summed E-state index contributed by atoms with van der Waals surface area (Å²) in [5.41, 5.74) is -0.856. The van der Waals surface area contributed by atoms with Crippen LogP contribution >= 0.6 is 15.9 Å². The topological polar surface area (TPSA) is 40.5 Å². The molecule has 0 bridgehead atoms. The predicted molar refractivity (Wildman–Crippen MR) is 76.4 cm³/mol. The number of hydrogen-bond acceptors (Lipinski definition) is 2. The van der Waals surface area contributed by atoms with E-state index in [1.54, 1.807) is 0 Å². The summed E-state index contributed by atoms with van der Waals surface area (Å²) in [6.07, 6.45) is -1.92. The Morgan fingerprint density at radius 3 is 2.62 bits per heavy atom. The van der Waals surface area contributed by atoms with E-state index < -0.39 is 23.8 Å². The Labute approximate surface area is 128 Å². The molecule has 0 spiro atoms. The molecule has 1 aliphatic heterocycles. The fourth-order valence-corrected chi connectivity index (χ4v) is 3.00. The highest BCUT2D eigenvalue weighted by molar-refractivity contribution is 9.10. The van der Waals surface area contributed by atoms with E-state index in [2.05, 4.69) is 15.9 Å². The molecule has 1 heterocycles. The molecule has 0 aliphatic carbocycles. The molecule has 1 aliphatic rings. The van der Waals surface area contributed by atoms with Crippen molar-refractivity contribution in [1.29, 1.82) is 0 Å². The van der Waals surface area contributed by atoms with Crippen LogP contribution in [0.3, 0.4) is 0 Å². The highest BCUT2D eigenvalue weighted by Gasteiger charge is 2.38. The largest absolute Gasteiger partial charge is 0.480 e. The van der Waals surface area contributed by atoms with Gasteiger partial charge >= 0.3 is 12.1 Å². The van der Waals surface area contributed by atoms with Crippen LogP contribution in [-0.4, -0.2) is 23.7 Å². The van der Waals surface area contributed by atoms with E-state index >= 15 is 0 Å². The maximum Gasteiger partial charge on any atom is 0.418 e. The number of rotatable bonds is 2. The molecule has 0 saturated carbocycles. The number of carbonyl (C=O) groups is 1. The molecule has 0 radical (unpaired) electrons. The standard InChI is InChI=1S/C14H15BrF3NO2/c15-9-5-6-11(10(8-9)14(16,17)18)19-7-3-1-2-4-12(19)13(20)21/h5-6,8,12H,1-4,7H2,(H,20,21). The van der Waals surface area contributed by atoms with Gasteiger partial charge in [0.05, 0.1) is 5.56 Å². The number of aliphatic carboxylic acids is 1. The van der Waals surface area contributed by atoms with Crippen molar-refractivity contribution in [2.75, 3.05) is 11.4 Å². The normalized spacial score (nSPS) is 20.2. The van der Waals surface area contributed by atoms with Crippen LogP contribution in [0.15, 0.2) is 22.7 Å². The number of halogens is 4. The summed E-state index contributed by atoms with van der Waals surface area (Å²) in [6.45, 7) is 0.321. The number of nitrogens with zero attached hydrogens (tertiary/aromatic N) is 1. The van der Waals surface area contributed by atoms with Crippen LogP contribution in [0.2, 0.25) is 0 Å². The van der Waals surface area contributed by atoms with Gasteiger partial charge in [-0.1, -0.05) is 28.8 Å². The van der Waals surface area contributed by atoms with Crippen molar-refractivity contribution in [3.05, 3.63) is 28.2 Å². The highest BCUT2D eigenvalue weighted by atomic mass is 79.9. The number of carboxylic acid groups (broad SMARTS) is 1. The Bertz CT molecular complexity index is 533. The van der Waals surface area contributed by atoms with Crippen LogP contribution in [0.1, 0.15) is 31.2 Å². The first kappa shape index (κ1) is 16.1. The van der Waals surface area contributed by atoms with Gasteiger partial charge in [0.25, 0.3) is 0 Å².